The van der Waals surface area contributed by atoms with Crippen LogP contribution in [0.4, 0.5) is 0 Å². The third-order valence-electron chi connectivity index (χ3n) is 4.03. The van der Waals surface area contributed by atoms with Gasteiger partial charge in [-0.15, -0.1) is 11.3 Å². The number of nitrogens with zero attached hydrogens (tertiary/aromatic N) is 1. The van der Waals surface area contributed by atoms with E-state index in [0.717, 1.165) is 38.9 Å². The van der Waals surface area contributed by atoms with Crippen molar-refractivity contribution in [2.24, 2.45) is 0 Å². The van der Waals surface area contributed by atoms with Crippen molar-refractivity contribution < 1.29 is 4.79 Å². The van der Waals surface area contributed by atoms with Crippen LogP contribution in [0.25, 0.3) is 0 Å². The van der Waals surface area contributed by atoms with E-state index in [9.17, 15) is 4.79 Å². The number of hydrogen-bond donors (Lipinski definition) is 1. The SMILES string of the molecule is C[C@@H]1CN(C(=O)C2CCCc3sccc32)CCN1. The summed E-state index contributed by atoms with van der Waals surface area (Å²) >= 11 is 1.81. The van der Waals surface area contributed by atoms with Gasteiger partial charge in [0.15, 0.2) is 0 Å². The van der Waals surface area contributed by atoms with Gasteiger partial charge in [-0.3, -0.25) is 4.79 Å². The molecule has 0 bridgehead atoms. The van der Waals surface area contributed by atoms with E-state index in [1.54, 1.807) is 0 Å². The maximum atomic E-state index is 12.7. The molecule has 1 unspecified atom stereocenters. The van der Waals surface area contributed by atoms with Crippen LogP contribution >= 0.6 is 11.3 Å². The molecule has 0 spiro atoms. The zero-order valence-electron chi connectivity index (χ0n) is 10.8. The monoisotopic (exact) mass is 264 g/mol. The molecule has 3 rings (SSSR count). The molecule has 0 radical (unpaired) electrons. The van der Waals surface area contributed by atoms with Crippen molar-refractivity contribution in [2.75, 3.05) is 19.6 Å². The number of aryl methyl sites for hydroxylation is 1. The first-order chi connectivity index (χ1) is 8.75. The van der Waals surface area contributed by atoms with Gasteiger partial charge in [-0.05, 0) is 43.2 Å². The average molecular weight is 264 g/mol. The topological polar surface area (TPSA) is 32.3 Å². The number of fused-ring (bicyclic) bond motifs is 1. The van der Waals surface area contributed by atoms with E-state index in [4.69, 9.17) is 0 Å². The molecule has 2 heterocycles. The molecular weight excluding hydrogens is 244 g/mol. The minimum Gasteiger partial charge on any atom is -0.339 e. The van der Waals surface area contributed by atoms with E-state index in [-0.39, 0.29) is 5.92 Å². The molecule has 1 aliphatic heterocycles. The van der Waals surface area contributed by atoms with Crippen LogP contribution in [-0.4, -0.2) is 36.5 Å². The average Bonchev–Trinajstić information content (AvgIpc) is 2.86. The van der Waals surface area contributed by atoms with Gasteiger partial charge in [0.2, 0.25) is 5.91 Å². The van der Waals surface area contributed by atoms with Crippen LogP contribution in [0.1, 0.15) is 36.1 Å². The zero-order chi connectivity index (χ0) is 12.5. The third-order valence-corrected chi connectivity index (χ3v) is 5.03. The van der Waals surface area contributed by atoms with Gasteiger partial charge in [0.25, 0.3) is 0 Å². The van der Waals surface area contributed by atoms with Crippen LogP contribution < -0.4 is 5.32 Å². The Morgan fingerprint density at radius 3 is 3.28 bits per heavy atom. The van der Waals surface area contributed by atoms with Crippen LogP contribution in [0, 0.1) is 0 Å². The van der Waals surface area contributed by atoms with Gasteiger partial charge in [0.1, 0.15) is 0 Å². The van der Waals surface area contributed by atoms with E-state index in [2.05, 4.69) is 28.6 Å². The lowest BCUT2D eigenvalue weighted by Gasteiger charge is -2.35. The minimum absolute atomic E-state index is 0.130. The van der Waals surface area contributed by atoms with Crippen molar-refractivity contribution in [3.05, 3.63) is 21.9 Å². The number of hydrogen-bond acceptors (Lipinski definition) is 3. The second-order valence-corrected chi connectivity index (χ2v) is 6.38. The van der Waals surface area contributed by atoms with Gasteiger partial charge in [-0.25, -0.2) is 0 Å². The summed E-state index contributed by atoms with van der Waals surface area (Å²) in [5, 5.41) is 5.53. The lowest BCUT2D eigenvalue weighted by atomic mass is 9.86. The molecule has 1 aromatic rings. The van der Waals surface area contributed by atoms with E-state index in [1.165, 1.54) is 10.4 Å². The number of piperazine rings is 1. The Morgan fingerprint density at radius 2 is 2.44 bits per heavy atom. The van der Waals surface area contributed by atoms with Crippen LogP contribution in [0.5, 0.6) is 0 Å². The molecule has 1 N–H and O–H groups in total. The molecule has 3 nitrogen and oxygen atoms in total. The summed E-state index contributed by atoms with van der Waals surface area (Å²) in [4.78, 5) is 16.1. The predicted molar refractivity (Wildman–Crippen MR) is 74.0 cm³/mol. The van der Waals surface area contributed by atoms with Crippen molar-refractivity contribution >= 4 is 17.2 Å². The standard InChI is InChI=1S/C14H20N2OS/c1-10-9-16(7-6-15-10)14(17)12-3-2-4-13-11(12)5-8-18-13/h5,8,10,12,15H,2-4,6-7,9H2,1H3/t10-,12?/m1/s1. The third kappa shape index (κ3) is 2.19. The highest BCUT2D eigenvalue weighted by atomic mass is 32.1. The van der Waals surface area contributed by atoms with Crippen molar-refractivity contribution in [3.8, 4) is 0 Å². The molecular formula is C14H20N2OS. The molecule has 98 valence electrons. The molecule has 4 heteroatoms. The maximum absolute atomic E-state index is 12.7. The molecule has 1 aliphatic carbocycles. The highest BCUT2D eigenvalue weighted by Gasteiger charge is 2.32. The summed E-state index contributed by atoms with van der Waals surface area (Å²) in [7, 11) is 0. The number of thiophene rings is 1. The van der Waals surface area contributed by atoms with Gasteiger partial charge in [0, 0.05) is 30.6 Å². The van der Waals surface area contributed by atoms with Crippen molar-refractivity contribution in [1.82, 2.24) is 10.2 Å². The molecule has 2 atom stereocenters. The first-order valence-electron chi connectivity index (χ1n) is 6.84. The maximum Gasteiger partial charge on any atom is 0.230 e. The molecule has 2 aliphatic rings. The van der Waals surface area contributed by atoms with E-state index in [1.807, 2.05) is 11.3 Å². The molecule has 18 heavy (non-hydrogen) atoms. The van der Waals surface area contributed by atoms with Gasteiger partial charge in [-0.1, -0.05) is 0 Å². The Bertz CT molecular complexity index is 443. The smallest absolute Gasteiger partial charge is 0.230 e. The highest BCUT2D eigenvalue weighted by molar-refractivity contribution is 7.10. The van der Waals surface area contributed by atoms with Gasteiger partial charge in [-0.2, -0.15) is 0 Å². The van der Waals surface area contributed by atoms with Gasteiger partial charge >= 0.3 is 0 Å². The van der Waals surface area contributed by atoms with E-state index < -0.39 is 0 Å². The van der Waals surface area contributed by atoms with Crippen molar-refractivity contribution in [2.45, 2.75) is 38.1 Å². The normalized spacial score (nSPS) is 27.9. The zero-order valence-corrected chi connectivity index (χ0v) is 11.6. The van der Waals surface area contributed by atoms with E-state index in [0.29, 0.717) is 11.9 Å². The molecule has 1 fully saturated rings. The molecule has 1 aromatic heterocycles. The van der Waals surface area contributed by atoms with Crippen molar-refractivity contribution in [3.63, 3.8) is 0 Å². The van der Waals surface area contributed by atoms with Gasteiger partial charge < -0.3 is 10.2 Å². The van der Waals surface area contributed by atoms with Crippen LogP contribution in [0.2, 0.25) is 0 Å². The van der Waals surface area contributed by atoms with Gasteiger partial charge in [0.05, 0.1) is 5.92 Å². The number of rotatable bonds is 1. The molecule has 0 aromatic carbocycles. The summed E-state index contributed by atoms with van der Waals surface area (Å²) in [5.41, 5.74) is 1.31. The number of amides is 1. The minimum atomic E-state index is 0.130. The fourth-order valence-corrected chi connectivity index (χ4v) is 4.08. The predicted octanol–water partition coefficient (Wildman–Crippen LogP) is 1.99. The van der Waals surface area contributed by atoms with Crippen LogP contribution in [0.3, 0.4) is 0 Å². The summed E-state index contributed by atoms with van der Waals surface area (Å²) in [6, 6.07) is 2.58. The second kappa shape index (κ2) is 5.02. The number of carbonyl (C=O) groups is 1. The highest BCUT2D eigenvalue weighted by Crippen LogP contribution is 2.36. The first kappa shape index (κ1) is 12.2. The van der Waals surface area contributed by atoms with Crippen molar-refractivity contribution in [1.29, 1.82) is 0 Å². The fourth-order valence-electron chi connectivity index (χ4n) is 3.10. The Morgan fingerprint density at radius 1 is 1.56 bits per heavy atom. The van der Waals surface area contributed by atoms with E-state index >= 15 is 0 Å². The molecule has 1 amide bonds. The lowest BCUT2D eigenvalue weighted by molar-refractivity contribution is -0.134. The summed E-state index contributed by atoms with van der Waals surface area (Å²) in [6.07, 6.45) is 3.35. The Balaban J connectivity index is 1.77. The molecule has 0 saturated carbocycles. The Kier molecular flexibility index (Phi) is 3.39. The van der Waals surface area contributed by atoms with Crippen LogP contribution in [-0.2, 0) is 11.2 Å². The Hall–Kier alpha value is -0.870. The summed E-state index contributed by atoms with van der Waals surface area (Å²) in [5.74, 6) is 0.480. The molecule has 1 saturated heterocycles. The largest absolute Gasteiger partial charge is 0.339 e. The summed E-state index contributed by atoms with van der Waals surface area (Å²) < 4.78 is 0. The fraction of sp³-hybridized carbons (Fsp3) is 0.643. The number of carbonyl (C=O) groups excluding carboxylic acids is 1. The summed E-state index contributed by atoms with van der Waals surface area (Å²) in [6.45, 7) is 4.79. The first-order valence-corrected chi connectivity index (χ1v) is 7.72. The lowest BCUT2D eigenvalue weighted by Crippen LogP contribution is -2.52. The quantitative estimate of drug-likeness (QED) is 0.841. The van der Waals surface area contributed by atoms with Crippen LogP contribution in [0.15, 0.2) is 11.4 Å². The Labute approximate surface area is 112 Å². The second-order valence-electron chi connectivity index (χ2n) is 5.38. The number of nitrogens with one attached hydrogen (secondary N) is 1.